The normalized spacial score (nSPS) is 10.9. The van der Waals surface area contributed by atoms with Crippen LogP contribution >= 0.6 is 11.3 Å². The number of benzene rings is 1. The van der Waals surface area contributed by atoms with Crippen LogP contribution in [0.3, 0.4) is 0 Å². The van der Waals surface area contributed by atoms with Crippen molar-refractivity contribution in [3.8, 4) is 10.8 Å². The number of hydrogen-bond acceptors (Lipinski definition) is 7. The van der Waals surface area contributed by atoms with E-state index in [1.165, 1.54) is 12.3 Å². The summed E-state index contributed by atoms with van der Waals surface area (Å²) in [6.45, 7) is 0.426. The molecule has 0 aliphatic rings. The van der Waals surface area contributed by atoms with Gasteiger partial charge in [-0.3, -0.25) is 10.1 Å². The van der Waals surface area contributed by atoms with E-state index in [9.17, 15) is 10.1 Å². The van der Waals surface area contributed by atoms with Gasteiger partial charge in [0.05, 0.1) is 21.7 Å². The lowest BCUT2D eigenvalue weighted by Crippen LogP contribution is -2.00. The quantitative estimate of drug-likeness (QED) is 0.420. The summed E-state index contributed by atoms with van der Waals surface area (Å²) >= 11 is 1.58. The minimum absolute atomic E-state index is 0.0401. The van der Waals surface area contributed by atoms with E-state index in [4.69, 9.17) is 4.42 Å². The van der Waals surface area contributed by atoms with E-state index >= 15 is 0 Å². The van der Waals surface area contributed by atoms with Gasteiger partial charge in [0.2, 0.25) is 0 Å². The highest BCUT2D eigenvalue weighted by Crippen LogP contribution is 2.31. The molecule has 0 saturated carbocycles. The maximum absolute atomic E-state index is 10.6. The molecule has 0 aliphatic carbocycles. The maximum Gasteiger partial charge on any atom is 0.287 e. The lowest BCUT2D eigenvalue weighted by atomic mass is 10.3. The highest BCUT2D eigenvalue weighted by atomic mass is 32.1. The Labute approximate surface area is 146 Å². The fraction of sp³-hybridized carbons (Fsp3) is 0.0588. The second kappa shape index (κ2) is 6.33. The van der Waals surface area contributed by atoms with Crippen LogP contribution in [0.15, 0.2) is 59.1 Å². The Morgan fingerprint density at radius 1 is 1.16 bits per heavy atom. The summed E-state index contributed by atoms with van der Waals surface area (Å²) < 4.78 is 6.95. The van der Waals surface area contributed by atoms with Gasteiger partial charge in [0, 0.05) is 6.07 Å². The monoisotopic (exact) mass is 352 g/mol. The molecule has 0 fully saturated rings. The summed E-state index contributed by atoms with van der Waals surface area (Å²) in [6, 6.07) is 14.7. The van der Waals surface area contributed by atoms with Gasteiger partial charge in [0.25, 0.3) is 5.69 Å². The number of anilines is 1. The van der Waals surface area contributed by atoms with Crippen LogP contribution in [-0.2, 0) is 6.54 Å². The summed E-state index contributed by atoms with van der Waals surface area (Å²) in [5, 5.41) is 14.5. The zero-order chi connectivity index (χ0) is 17.2. The summed E-state index contributed by atoms with van der Waals surface area (Å²) in [7, 11) is 0. The molecule has 1 N–H and O–H groups in total. The van der Waals surface area contributed by atoms with Gasteiger partial charge in [-0.15, -0.1) is 11.3 Å². The average molecular weight is 352 g/mol. The molecule has 8 heteroatoms. The zero-order valence-electron chi connectivity index (χ0n) is 12.9. The molecule has 7 nitrogen and oxygen atoms in total. The van der Waals surface area contributed by atoms with E-state index in [-0.39, 0.29) is 5.69 Å². The molecule has 0 spiro atoms. The fourth-order valence-electron chi connectivity index (χ4n) is 2.34. The number of nitro groups is 1. The largest absolute Gasteiger partial charge is 0.457 e. The van der Waals surface area contributed by atoms with Crippen LogP contribution in [-0.4, -0.2) is 14.9 Å². The Morgan fingerprint density at radius 2 is 2.04 bits per heavy atom. The number of rotatable bonds is 5. The Balaban J connectivity index is 1.46. The van der Waals surface area contributed by atoms with E-state index in [1.54, 1.807) is 17.4 Å². The minimum atomic E-state index is -0.479. The summed E-state index contributed by atoms with van der Waals surface area (Å²) in [5.74, 6) is 1.99. The molecule has 3 heterocycles. The van der Waals surface area contributed by atoms with Gasteiger partial charge in [0.1, 0.15) is 17.8 Å². The van der Waals surface area contributed by atoms with Crippen molar-refractivity contribution in [1.82, 2.24) is 9.97 Å². The van der Waals surface area contributed by atoms with Gasteiger partial charge in [-0.25, -0.2) is 9.97 Å². The number of furan rings is 1. The highest BCUT2D eigenvalue weighted by molar-refractivity contribution is 7.21. The summed E-state index contributed by atoms with van der Waals surface area (Å²) in [6.07, 6.45) is 1.22. The van der Waals surface area contributed by atoms with Crippen molar-refractivity contribution in [3.05, 3.63) is 70.6 Å². The van der Waals surface area contributed by atoms with Crippen molar-refractivity contribution in [1.29, 1.82) is 0 Å². The number of aromatic nitrogens is 2. The number of hydrogen-bond donors (Lipinski definition) is 1. The number of thiazole rings is 1. The van der Waals surface area contributed by atoms with Gasteiger partial charge >= 0.3 is 0 Å². The molecule has 124 valence electrons. The maximum atomic E-state index is 10.6. The van der Waals surface area contributed by atoms with E-state index < -0.39 is 4.92 Å². The first-order chi connectivity index (χ1) is 12.2. The molecular formula is C17H12N4O3S. The predicted molar refractivity (Wildman–Crippen MR) is 95.5 cm³/mol. The Kier molecular flexibility index (Phi) is 3.87. The van der Waals surface area contributed by atoms with Crippen molar-refractivity contribution in [2.45, 2.75) is 6.54 Å². The molecule has 0 saturated heterocycles. The number of fused-ring (bicyclic) bond motifs is 1. The van der Waals surface area contributed by atoms with E-state index in [0.29, 0.717) is 12.4 Å². The summed E-state index contributed by atoms with van der Waals surface area (Å²) in [4.78, 5) is 18.7. The molecule has 0 radical (unpaired) electrons. The van der Waals surface area contributed by atoms with Crippen LogP contribution in [0.4, 0.5) is 11.5 Å². The number of nitrogens with one attached hydrogen (secondary N) is 1. The molecule has 4 aromatic rings. The zero-order valence-corrected chi connectivity index (χ0v) is 13.7. The van der Waals surface area contributed by atoms with Crippen LogP contribution in [0.1, 0.15) is 5.76 Å². The molecule has 0 unspecified atom stereocenters. The van der Waals surface area contributed by atoms with Crippen molar-refractivity contribution < 1.29 is 9.34 Å². The molecule has 0 atom stereocenters. The predicted octanol–water partition coefficient (Wildman–Crippen LogP) is 4.47. The lowest BCUT2D eigenvalue weighted by molar-refractivity contribution is -0.385. The molecule has 0 bridgehead atoms. The second-order valence-corrected chi connectivity index (χ2v) is 6.30. The van der Waals surface area contributed by atoms with Crippen molar-refractivity contribution >= 4 is 33.1 Å². The molecular weight excluding hydrogens is 340 g/mol. The van der Waals surface area contributed by atoms with E-state index in [2.05, 4.69) is 15.3 Å². The van der Waals surface area contributed by atoms with Gasteiger partial charge < -0.3 is 9.73 Å². The first-order valence-corrected chi connectivity index (χ1v) is 8.30. The minimum Gasteiger partial charge on any atom is -0.457 e. The van der Waals surface area contributed by atoms with Crippen LogP contribution < -0.4 is 5.32 Å². The SMILES string of the molecule is O=[N+]([O-])c1ccc(NCc2ccc(-c3nc4ccccc4s3)o2)nc1. The third-order valence-corrected chi connectivity index (χ3v) is 4.62. The molecule has 0 amide bonds. The second-order valence-electron chi connectivity index (χ2n) is 5.27. The van der Waals surface area contributed by atoms with Gasteiger partial charge in [-0.2, -0.15) is 0 Å². The number of nitrogens with zero attached hydrogens (tertiary/aromatic N) is 3. The summed E-state index contributed by atoms with van der Waals surface area (Å²) in [5.41, 5.74) is 0.912. The molecule has 1 aromatic carbocycles. The third kappa shape index (κ3) is 3.20. The Morgan fingerprint density at radius 3 is 2.80 bits per heavy atom. The third-order valence-electron chi connectivity index (χ3n) is 3.57. The van der Waals surface area contributed by atoms with Crippen molar-refractivity contribution in [3.63, 3.8) is 0 Å². The topological polar surface area (TPSA) is 94.1 Å². The van der Waals surface area contributed by atoms with Gasteiger partial charge in [-0.05, 0) is 30.3 Å². The van der Waals surface area contributed by atoms with Crippen LogP contribution in [0.25, 0.3) is 21.0 Å². The molecule has 25 heavy (non-hydrogen) atoms. The molecule has 3 aromatic heterocycles. The lowest BCUT2D eigenvalue weighted by Gasteiger charge is -2.02. The highest BCUT2D eigenvalue weighted by Gasteiger charge is 2.11. The van der Waals surface area contributed by atoms with E-state index in [1.807, 2.05) is 36.4 Å². The van der Waals surface area contributed by atoms with E-state index in [0.717, 1.165) is 26.7 Å². The Bertz CT molecular complexity index is 1010. The van der Waals surface area contributed by atoms with Crippen molar-refractivity contribution in [2.24, 2.45) is 0 Å². The fourth-order valence-corrected chi connectivity index (χ4v) is 3.27. The first-order valence-electron chi connectivity index (χ1n) is 7.48. The Hall–Kier alpha value is -3.26. The number of para-hydroxylation sites is 1. The molecule has 4 rings (SSSR count). The van der Waals surface area contributed by atoms with Gasteiger partial charge in [0.15, 0.2) is 10.8 Å². The molecule has 0 aliphatic heterocycles. The van der Waals surface area contributed by atoms with Crippen LogP contribution in [0.5, 0.6) is 0 Å². The van der Waals surface area contributed by atoms with Crippen LogP contribution in [0.2, 0.25) is 0 Å². The number of pyridine rings is 1. The van der Waals surface area contributed by atoms with Gasteiger partial charge in [-0.1, -0.05) is 12.1 Å². The van der Waals surface area contributed by atoms with Crippen molar-refractivity contribution in [2.75, 3.05) is 5.32 Å². The average Bonchev–Trinajstić information content (AvgIpc) is 3.26. The smallest absolute Gasteiger partial charge is 0.287 e. The standard InChI is InChI=1S/C17H12N4O3S/c22-21(23)11-5-8-16(18-9-11)19-10-12-6-7-14(24-12)17-20-13-3-1-2-4-15(13)25-17/h1-9H,10H2,(H,18,19). The first kappa shape index (κ1) is 15.3. The van der Waals surface area contributed by atoms with Crippen LogP contribution in [0, 0.1) is 10.1 Å².